The number of aromatic nitrogens is 2. The minimum absolute atomic E-state index is 0.00480. The number of nitrogens with one attached hydrogen (secondary N) is 3. The average molecular weight is 1080 g/mol. The number of unbranched alkanes of at least 4 members (excludes halogenated alkanes) is 15. The van der Waals surface area contributed by atoms with Gasteiger partial charge >= 0.3 is 11.9 Å². The fraction of sp³-hybridized carbons (Fsp3) is 0.786. The Balaban J connectivity index is 2.02. The first-order valence-electron chi connectivity index (χ1n) is 28.2. The molecule has 20 heteroatoms. The number of aryl methyl sites for hydroxylation is 1. The van der Waals surface area contributed by atoms with Crippen LogP contribution < -0.4 is 16.4 Å². The number of nitrogens with zero attached hydrogens (tertiary/aromatic N) is 1. The second kappa shape index (κ2) is 46.2. The summed E-state index contributed by atoms with van der Waals surface area (Å²) in [5.41, 5.74) is 6.39. The molecule has 434 valence electrons. The Morgan fingerprint density at radius 3 is 1.55 bits per heavy atom. The first-order valence-corrected chi connectivity index (χ1v) is 28.2. The first kappa shape index (κ1) is 69.1. The van der Waals surface area contributed by atoms with Gasteiger partial charge in [-0.3, -0.25) is 43.2 Å². The van der Waals surface area contributed by atoms with Crippen molar-refractivity contribution < 1.29 is 72.3 Å². The van der Waals surface area contributed by atoms with Gasteiger partial charge in [-0.15, -0.1) is 0 Å². The molecule has 0 spiro atoms. The number of aliphatic carboxylic acids is 2. The second-order valence-corrected chi connectivity index (χ2v) is 20.3. The van der Waals surface area contributed by atoms with Crippen molar-refractivity contribution in [3.63, 3.8) is 0 Å². The number of ketones is 4. The summed E-state index contributed by atoms with van der Waals surface area (Å²) in [4.78, 5) is 116. The molecule has 1 aromatic rings. The predicted octanol–water partition coefficient (Wildman–Crippen LogP) is 7.22. The van der Waals surface area contributed by atoms with Crippen LogP contribution >= 0.6 is 0 Å². The number of H-pyrrole nitrogens is 1. The van der Waals surface area contributed by atoms with Gasteiger partial charge in [-0.05, 0) is 44.4 Å². The average Bonchev–Trinajstić information content (AvgIpc) is 3.90. The van der Waals surface area contributed by atoms with Gasteiger partial charge in [-0.25, -0.2) is 4.98 Å². The molecule has 20 nitrogen and oxygen atoms in total. The Kier molecular flexibility index (Phi) is 42.0. The molecular weight excluding hydrogens is 983 g/mol. The summed E-state index contributed by atoms with van der Waals surface area (Å²) in [7, 11) is 0. The Bertz CT molecular complexity index is 1780. The molecule has 0 saturated heterocycles. The number of Topliss-reactive ketones (excluding diaryl/α,β-unsaturated/α-hetero) is 4. The zero-order valence-electron chi connectivity index (χ0n) is 46.1. The van der Waals surface area contributed by atoms with Crippen LogP contribution in [0.4, 0.5) is 0 Å². The summed E-state index contributed by atoms with van der Waals surface area (Å²) >= 11 is 0. The highest BCUT2D eigenvalue weighted by Gasteiger charge is 2.29. The standard InChI is InChI=1S/C56H95N5O15/c1-43(2)50(55(57)70)38-51(65)44(36-48(63)26-25-46-39-58-42-61-46)20-16-15-18-22-49(64)40-75-34-32-74-31-29-60-53(67)41-76-35-33-73-30-28-59-52(66)27-24-45(56(71)72)37-47(62)21-17-13-11-9-7-5-3-4-6-8-10-12-14-19-23-54(68)69/h39,42-45,50H,3-38,40-41H2,1-2H3,(H2,57,70)(H,58,61)(H,59,66)(H,60,67)(H,68,69)(H,71,72)/t44-,45?,50-/m1/s1. The number of rotatable bonds is 55. The van der Waals surface area contributed by atoms with Gasteiger partial charge in [-0.1, -0.05) is 104 Å². The van der Waals surface area contributed by atoms with Gasteiger partial charge in [-0.2, -0.15) is 0 Å². The van der Waals surface area contributed by atoms with E-state index >= 15 is 0 Å². The van der Waals surface area contributed by atoms with Crippen LogP contribution in [0, 0.1) is 23.7 Å². The first-order chi connectivity index (χ1) is 36.6. The summed E-state index contributed by atoms with van der Waals surface area (Å²) in [5, 5.41) is 23.7. The fourth-order valence-corrected chi connectivity index (χ4v) is 8.63. The van der Waals surface area contributed by atoms with E-state index in [-0.39, 0.29) is 152 Å². The maximum absolute atomic E-state index is 13.3. The monoisotopic (exact) mass is 1080 g/mol. The minimum Gasteiger partial charge on any atom is -0.481 e. The molecule has 1 aromatic heterocycles. The molecule has 0 saturated carbocycles. The van der Waals surface area contributed by atoms with E-state index in [1.165, 1.54) is 44.9 Å². The summed E-state index contributed by atoms with van der Waals surface area (Å²) in [6, 6.07) is 0. The van der Waals surface area contributed by atoms with Crippen molar-refractivity contribution in [1.29, 1.82) is 0 Å². The van der Waals surface area contributed by atoms with E-state index in [9.17, 15) is 48.3 Å². The smallest absolute Gasteiger partial charge is 0.306 e. The number of aromatic amines is 1. The number of imidazole rings is 1. The van der Waals surface area contributed by atoms with Crippen molar-refractivity contribution in [2.24, 2.45) is 29.4 Å². The predicted molar refractivity (Wildman–Crippen MR) is 286 cm³/mol. The van der Waals surface area contributed by atoms with Gasteiger partial charge in [0, 0.05) is 88.2 Å². The van der Waals surface area contributed by atoms with Crippen molar-refractivity contribution in [2.75, 3.05) is 65.9 Å². The summed E-state index contributed by atoms with van der Waals surface area (Å²) in [6.45, 7) is 5.13. The number of hydrogen-bond donors (Lipinski definition) is 6. The topological polar surface area (TPSA) is 310 Å². The van der Waals surface area contributed by atoms with Gasteiger partial charge in [0.2, 0.25) is 17.7 Å². The van der Waals surface area contributed by atoms with Gasteiger partial charge in [0.05, 0.1) is 51.9 Å². The quantitative estimate of drug-likeness (QED) is 0.0351. The third kappa shape index (κ3) is 40.3. The van der Waals surface area contributed by atoms with E-state index in [0.29, 0.717) is 44.9 Å². The number of ether oxygens (including phenoxy) is 4. The van der Waals surface area contributed by atoms with Gasteiger partial charge < -0.3 is 50.5 Å². The molecule has 3 amide bonds. The molecule has 3 atom stereocenters. The molecule has 0 aliphatic carbocycles. The van der Waals surface area contributed by atoms with Crippen LogP contribution in [0.25, 0.3) is 0 Å². The molecule has 0 aromatic carbocycles. The van der Waals surface area contributed by atoms with Crippen LogP contribution in [0.3, 0.4) is 0 Å². The minimum atomic E-state index is -1.08. The van der Waals surface area contributed by atoms with Crippen molar-refractivity contribution in [2.45, 2.75) is 194 Å². The van der Waals surface area contributed by atoms with E-state index in [4.69, 9.17) is 29.8 Å². The van der Waals surface area contributed by atoms with E-state index in [0.717, 1.165) is 50.6 Å². The van der Waals surface area contributed by atoms with Crippen molar-refractivity contribution in [3.05, 3.63) is 18.2 Å². The zero-order chi connectivity index (χ0) is 56.0. The molecule has 0 radical (unpaired) electrons. The molecule has 1 heterocycles. The van der Waals surface area contributed by atoms with Crippen LogP contribution in [0.2, 0.25) is 0 Å². The van der Waals surface area contributed by atoms with Crippen LogP contribution in [0.15, 0.2) is 12.5 Å². The van der Waals surface area contributed by atoms with Gasteiger partial charge in [0.15, 0.2) is 5.78 Å². The lowest BCUT2D eigenvalue weighted by Gasteiger charge is -2.21. The van der Waals surface area contributed by atoms with Gasteiger partial charge in [0.25, 0.3) is 0 Å². The van der Waals surface area contributed by atoms with Crippen molar-refractivity contribution >= 4 is 52.8 Å². The fourth-order valence-electron chi connectivity index (χ4n) is 8.63. The molecule has 0 bridgehead atoms. The number of carbonyl (C=O) groups excluding carboxylic acids is 7. The highest BCUT2D eigenvalue weighted by molar-refractivity contribution is 5.91. The zero-order valence-corrected chi connectivity index (χ0v) is 46.1. The number of primary amides is 1. The molecule has 76 heavy (non-hydrogen) atoms. The van der Waals surface area contributed by atoms with Gasteiger partial charge in [0.1, 0.15) is 30.6 Å². The van der Waals surface area contributed by atoms with Crippen LogP contribution in [-0.4, -0.2) is 139 Å². The Morgan fingerprint density at radius 1 is 0.539 bits per heavy atom. The highest BCUT2D eigenvalue weighted by atomic mass is 16.5. The number of amides is 3. The number of nitrogens with two attached hydrogens (primary N) is 1. The Labute approximate surface area is 451 Å². The highest BCUT2D eigenvalue weighted by Crippen LogP contribution is 2.24. The lowest BCUT2D eigenvalue weighted by molar-refractivity contribution is -0.144. The molecule has 0 fully saturated rings. The summed E-state index contributed by atoms with van der Waals surface area (Å²) < 4.78 is 21.6. The lowest BCUT2D eigenvalue weighted by atomic mass is 9.82. The van der Waals surface area contributed by atoms with E-state index in [1.807, 2.05) is 13.8 Å². The molecule has 0 aliphatic heterocycles. The maximum Gasteiger partial charge on any atom is 0.306 e. The SMILES string of the molecule is CC(C)[C@@H](CC(=O)[C@H](CCCCCC(=O)COCCOCCNC(=O)COCCOCCNC(=O)CCC(CC(=O)CCCCCCCCCCCCCCCCC(=O)O)C(=O)O)CC(=O)CCc1cnc[nH]1)C(N)=O. The summed E-state index contributed by atoms with van der Waals surface area (Å²) in [6.07, 6.45) is 22.6. The molecule has 1 rings (SSSR count). The van der Waals surface area contributed by atoms with Crippen LogP contribution in [-0.2, 0) is 68.5 Å². The number of hydrogen-bond acceptors (Lipinski definition) is 14. The Morgan fingerprint density at radius 2 is 1.03 bits per heavy atom. The number of carboxylic acid groups (broad SMARTS) is 2. The lowest BCUT2D eigenvalue weighted by Crippen LogP contribution is -2.32. The Hall–Kier alpha value is -4.92. The largest absolute Gasteiger partial charge is 0.481 e. The van der Waals surface area contributed by atoms with E-state index in [1.54, 1.807) is 12.5 Å². The van der Waals surface area contributed by atoms with Crippen LogP contribution in [0.5, 0.6) is 0 Å². The third-order valence-electron chi connectivity index (χ3n) is 13.3. The summed E-state index contributed by atoms with van der Waals surface area (Å²) in [5.74, 6) is -5.42. The molecular formula is C56H95N5O15. The maximum atomic E-state index is 13.3. The second-order valence-electron chi connectivity index (χ2n) is 20.3. The van der Waals surface area contributed by atoms with Crippen molar-refractivity contribution in [1.82, 2.24) is 20.6 Å². The van der Waals surface area contributed by atoms with Crippen molar-refractivity contribution in [3.8, 4) is 0 Å². The van der Waals surface area contributed by atoms with E-state index in [2.05, 4.69) is 20.6 Å². The molecule has 0 aliphatic rings. The molecule has 1 unspecified atom stereocenters. The van der Waals surface area contributed by atoms with E-state index < -0.39 is 35.6 Å². The normalized spacial score (nSPS) is 12.5. The molecule has 7 N–H and O–H groups in total. The number of carboxylic acids is 2. The third-order valence-corrected chi connectivity index (χ3v) is 13.3. The van der Waals surface area contributed by atoms with Crippen LogP contribution in [0.1, 0.15) is 193 Å². The number of carbonyl (C=O) groups is 9.